The molecular weight excluding hydrogens is 254 g/mol. The number of aromatic nitrogens is 1. The second-order valence-corrected chi connectivity index (χ2v) is 4.30. The van der Waals surface area contributed by atoms with Crippen molar-refractivity contribution in [3.8, 4) is 5.75 Å². The van der Waals surface area contributed by atoms with Crippen molar-refractivity contribution >= 4 is 11.6 Å². The molecule has 2 rings (SSSR count). The molecule has 0 unspecified atom stereocenters. The van der Waals surface area contributed by atoms with Gasteiger partial charge in [-0.15, -0.1) is 0 Å². The van der Waals surface area contributed by atoms with Crippen LogP contribution in [0.15, 0.2) is 42.6 Å². The predicted molar refractivity (Wildman–Crippen MR) is 77.9 cm³/mol. The van der Waals surface area contributed by atoms with Gasteiger partial charge in [-0.25, -0.2) is 0 Å². The van der Waals surface area contributed by atoms with Crippen molar-refractivity contribution in [2.24, 2.45) is 5.73 Å². The van der Waals surface area contributed by atoms with Gasteiger partial charge in [-0.1, -0.05) is 0 Å². The molecule has 1 aromatic heterocycles. The van der Waals surface area contributed by atoms with E-state index in [1.807, 2.05) is 24.3 Å². The van der Waals surface area contributed by atoms with Crippen molar-refractivity contribution < 1.29 is 9.53 Å². The Labute approximate surface area is 118 Å². The molecule has 20 heavy (non-hydrogen) atoms. The van der Waals surface area contributed by atoms with E-state index in [9.17, 15) is 4.79 Å². The number of rotatable bonds is 4. The smallest absolute Gasteiger partial charge is 0.258 e. The lowest BCUT2D eigenvalue weighted by molar-refractivity contribution is 0.0993. The van der Waals surface area contributed by atoms with Gasteiger partial charge in [-0.05, 0) is 36.4 Å². The number of carbonyl (C=O) groups is 1. The van der Waals surface area contributed by atoms with Crippen LogP contribution in [-0.4, -0.2) is 25.0 Å². The fraction of sp³-hybridized carbons (Fsp3) is 0.200. The first-order valence-corrected chi connectivity index (χ1v) is 6.23. The summed E-state index contributed by atoms with van der Waals surface area (Å²) in [6.07, 6.45) is 1.59. The fourth-order valence-corrected chi connectivity index (χ4v) is 1.84. The second-order valence-electron chi connectivity index (χ2n) is 4.30. The minimum Gasteiger partial charge on any atom is -0.497 e. The van der Waals surface area contributed by atoms with E-state index >= 15 is 0 Å². The molecule has 1 amide bonds. The Hall–Kier alpha value is -2.40. The molecule has 0 saturated heterocycles. The third kappa shape index (κ3) is 2.95. The average Bonchev–Trinajstić information content (AvgIpc) is 2.53. The van der Waals surface area contributed by atoms with Gasteiger partial charge in [-0.3, -0.25) is 9.78 Å². The number of anilines is 1. The Balaban J connectivity index is 2.22. The first kappa shape index (κ1) is 14.0. The highest BCUT2D eigenvalue weighted by molar-refractivity contribution is 6.05. The molecule has 104 valence electrons. The molecule has 0 spiro atoms. The third-order valence-electron chi connectivity index (χ3n) is 3.04. The highest BCUT2D eigenvalue weighted by atomic mass is 16.5. The summed E-state index contributed by atoms with van der Waals surface area (Å²) < 4.78 is 5.10. The molecule has 5 nitrogen and oxygen atoms in total. The number of methoxy groups -OCH3 is 1. The number of ether oxygens (including phenoxy) is 1. The molecule has 0 bridgehead atoms. The molecule has 0 atom stereocenters. The Kier molecular flexibility index (Phi) is 4.32. The topological polar surface area (TPSA) is 68.5 Å². The van der Waals surface area contributed by atoms with Crippen molar-refractivity contribution in [2.75, 3.05) is 19.1 Å². The third-order valence-corrected chi connectivity index (χ3v) is 3.04. The summed E-state index contributed by atoms with van der Waals surface area (Å²) in [5, 5.41) is 0. The van der Waals surface area contributed by atoms with Crippen molar-refractivity contribution in [3.63, 3.8) is 0 Å². The van der Waals surface area contributed by atoms with Gasteiger partial charge in [0.05, 0.1) is 12.8 Å². The molecule has 1 aromatic carbocycles. The lowest BCUT2D eigenvalue weighted by Crippen LogP contribution is -2.26. The minimum absolute atomic E-state index is 0.104. The minimum atomic E-state index is -0.104. The van der Waals surface area contributed by atoms with E-state index in [2.05, 4.69) is 4.98 Å². The van der Waals surface area contributed by atoms with Gasteiger partial charge in [0, 0.05) is 31.0 Å². The van der Waals surface area contributed by atoms with Gasteiger partial charge < -0.3 is 15.4 Å². The van der Waals surface area contributed by atoms with Gasteiger partial charge in [0.15, 0.2) is 0 Å². The van der Waals surface area contributed by atoms with Crippen LogP contribution in [0.1, 0.15) is 16.1 Å². The molecule has 0 aliphatic rings. The summed E-state index contributed by atoms with van der Waals surface area (Å²) in [6.45, 7) is 0.313. The molecule has 0 saturated carbocycles. The predicted octanol–water partition coefficient (Wildman–Crippen LogP) is 1.83. The Morgan fingerprint density at radius 3 is 2.60 bits per heavy atom. The molecule has 5 heteroatoms. The number of hydrogen-bond acceptors (Lipinski definition) is 4. The van der Waals surface area contributed by atoms with E-state index in [4.69, 9.17) is 10.5 Å². The molecule has 0 fully saturated rings. The zero-order valence-corrected chi connectivity index (χ0v) is 11.5. The largest absolute Gasteiger partial charge is 0.497 e. The van der Waals surface area contributed by atoms with Crippen molar-refractivity contribution in [1.29, 1.82) is 0 Å². The van der Waals surface area contributed by atoms with Gasteiger partial charge >= 0.3 is 0 Å². The summed E-state index contributed by atoms with van der Waals surface area (Å²) in [7, 11) is 3.34. The molecule has 1 heterocycles. The van der Waals surface area contributed by atoms with Crippen LogP contribution < -0.4 is 15.4 Å². The van der Waals surface area contributed by atoms with E-state index in [0.29, 0.717) is 17.8 Å². The number of pyridine rings is 1. The van der Waals surface area contributed by atoms with E-state index in [0.717, 1.165) is 11.4 Å². The number of amides is 1. The lowest BCUT2D eigenvalue weighted by Gasteiger charge is -2.18. The SMILES string of the molecule is COc1ccc(N(C)C(=O)c2ccnc(CN)c2)cc1. The standard InChI is InChI=1S/C15H17N3O2/c1-18(13-3-5-14(20-2)6-4-13)15(19)11-7-8-17-12(9-11)10-16/h3-9H,10,16H2,1-2H3. The fourth-order valence-electron chi connectivity index (χ4n) is 1.84. The van der Waals surface area contributed by atoms with Crippen LogP contribution in [0, 0.1) is 0 Å². The molecular formula is C15H17N3O2. The summed E-state index contributed by atoms with van der Waals surface area (Å²) >= 11 is 0. The first-order chi connectivity index (χ1) is 9.65. The van der Waals surface area contributed by atoms with Crippen LogP contribution in [0.5, 0.6) is 5.75 Å². The second kappa shape index (κ2) is 6.16. The summed E-state index contributed by atoms with van der Waals surface area (Å²) in [6, 6.07) is 10.7. The lowest BCUT2D eigenvalue weighted by atomic mass is 10.2. The molecule has 2 N–H and O–H groups in total. The maximum atomic E-state index is 12.4. The van der Waals surface area contributed by atoms with Crippen LogP contribution in [0.2, 0.25) is 0 Å². The van der Waals surface area contributed by atoms with Crippen LogP contribution in [0.4, 0.5) is 5.69 Å². The number of nitrogens with two attached hydrogens (primary N) is 1. The Morgan fingerprint density at radius 1 is 1.30 bits per heavy atom. The Bertz CT molecular complexity index is 596. The first-order valence-electron chi connectivity index (χ1n) is 6.23. The highest BCUT2D eigenvalue weighted by Gasteiger charge is 2.14. The molecule has 0 radical (unpaired) electrons. The molecule has 0 aliphatic heterocycles. The van der Waals surface area contributed by atoms with E-state index in [1.54, 1.807) is 37.4 Å². The van der Waals surface area contributed by atoms with Crippen LogP contribution >= 0.6 is 0 Å². The van der Waals surface area contributed by atoms with Crippen molar-refractivity contribution in [2.45, 2.75) is 6.54 Å². The van der Waals surface area contributed by atoms with Gasteiger partial charge in [-0.2, -0.15) is 0 Å². The summed E-state index contributed by atoms with van der Waals surface area (Å²) in [5.74, 6) is 0.649. The maximum Gasteiger partial charge on any atom is 0.258 e. The normalized spacial score (nSPS) is 10.2. The highest BCUT2D eigenvalue weighted by Crippen LogP contribution is 2.19. The van der Waals surface area contributed by atoms with E-state index in [-0.39, 0.29) is 5.91 Å². The van der Waals surface area contributed by atoms with Crippen LogP contribution in [0.3, 0.4) is 0 Å². The molecule has 0 aliphatic carbocycles. The maximum absolute atomic E-state index is 12.4. The quantitative estimate of drug-likeness (QED) is 0.921. The molecule has 2 aromatic rings. The van der Waals surface area contributed by atoms with Gasteiger partial charge in [0.1, 0.15) is 5.75 Å². The average molecular weight is 271 g/mol. The summed E-state index contributed by atoms with van der Waals surface area (Å²) in [4.78, 5) is 18.1. The number of nitrogens with zero attached hydrogens (tertiary/aromatic N) is 2. The van der Waals surface area contributed by atoms with Crippen molar-refractivity contribution in [3.05, 3.63) is 53.9 Å². The van der Waals surface area contributed by atoms with E-state index in [1.165, 1.54) is 0 Å². The summed E-state index contributed by atoms with van der Waals surface area (Å²) in [5.41, 5.74) is 7.59. The zero-order valence-electron chi connectivity index (χ0n) is 11.5. The number of hydrogen-bond donors (Lipinski definition) is 1. The van der Waals surface area contributed by atoms with Crippen LogP contribution in [0.25, 0.3) is 0 Å². The monoisotopic (exact) mass is 271 g/mol. The number of benzene rings is 1. The number of carbonyl (C=O) groups excluding carboxylic acids is 1. The van der Waals surface area contributed by atoms with Crippen molar-refractivity contribution in [1.82, 2.24) is 4.98 Å². The Morgan fingerprint density at radius 2 is 2.00 bits per heavy atom. The zero-order chi connectivity index (χ0) is 14.5. The van der Waals surface area contributed by atoms with E-state index < -0.39 is 0 Å². The van der Waals surface area contributed by atoms with Crippen LogP contribution in [-0.2, 0) is 6.54 Å². The van der Waals surface area contributed by atoms with Gasteiger partial charge in [0.2, 0.25) is 0 Å². The van der Waals surface area contributed by atoms with Gasteiger partial charge in [0.25, 0.3) is 5.91 Å².